The Morgan fingerprint density at radius 1 is 1.17 bits per heavy atom. The van der Waals surface area contributed by atoms with Crippen molar-refractivity contribution in [2.75, 3.05) is 0 Å². The van der Waals surface area contributed by atoms with Crippen molar-refractivity contribution in [2.45, 2.75) is 29.4 Å². The van der Waals surface area contributed by atoms with Crippen LogP contribution in [0.25, 0.3) is 0 Å². The van der Waals surface area contributed by atoms with E-state index in [1.807, 2.05) is 0 Å². The van der Waals surface area contributed by atoms with Gasteiger partial charge in [-0.15, -0.1) is 0 Å². The van der Waals surface area contributed by atoms with Crippen molar-refractivity contribution in [3.8, 4) is 0 Å². The summed E-state index contributed by atoms with van der Waals surface area (Å²) in [5.41, 5.74) is -0.253. The molecule has 0 heterocycles. The number of carboxylic acid groups (broad SMARTS) is 1. The van der Waals surface area contributed by atoms with E-state index in [9.17, 15) is 18.0 Å². The monoisotopic (exact) mass is 268 g/mol. The fraction of sp³-hybridized carbons (Fsp3) is 0.333. The minimum atomic E-state index is -3.60. The summed E-state index contributed by atoms with van der Waals surface area (Å²) in [7, 11) is -3.60. The number of carboxylic acids is 1. The summed E-state index contributed by atoms with van der Waals surface area (Å²) in [6.45, 7) is 0. The van der Waals surface area contributed by atoms with Crippen LogP contribution >= 0.6 is 0 Å². The minimum absolute atomic E-state index is 0.165. The molecule has 1 aromatic carbocycles. The van der Waals surface area contributed by atoms with Crippen molar-refractivity contribution in [1.82, 2.24) is 0 Å². The predicted octanol–water partition coefficient (Wildman–Crippen LogP) is 1.28. The molecule has 0 spiro atoms. The van der Waals surface area contributed by atoms with E-state index in [-0.39, 0.29) is 10.5 Å². The Morgan fingerprint density at radius 2 is 1.78 bits per heavy atom. The van der Waals surface area contributed by atoms with E-state index < -0.39 is 26.8 Å². The van der Waals surface area contributed by atoms with E-state index in [1.165, 1.54) is 24.3 Å². The molecule has 1 fully saturated rings. The van der Waals surface area contributed by atoms with E-state index >= 15 is 0 Å². The zero-order valence-corrected chi connectivity index (χ0v) is 10.3. The molecule has 1 aliphatic rings. The molecule has 0 saturated heterocycles. The van der Waals surface area contributed by atoms with E-state index in [2.05, 4.69) is 0 Å². The van der Waals surface area contributed by atoms with Gasteiger partial charge in [0, 0.05) is 5.56 Å². The quantitative estimate of drug-likeness (QED) is 0.656. The van der Waals surface area contributed by atoms with Gasteiger partial charge in [-0.25, -0.2) is 13.2 Å². The zero-order chi connectivity index (χ0) is 13.3. The normalized spacial score (nSPS) is 16.0. The molecule has 1 saturated carbocycles. The number of aliphatic carboxylic acids is 1. The zero-order valence-electron chi connectivity index (χ0n) is 9.50. The van der Waals surface area contributed by atoms with Crippen LogP contribution in [0.5, 0.6) is 0 Å². The summed E-state index contributed by atoms with van der Waals surface area (Å²) >= 11 is 0. The first-order valence-corrected chi connectivity index (χ1v) is 7.10. The first-order valence-electron chi connectivity index (χ1n) is 5.55. The molecular weight excluding hydrogens is 256 g/mol. The van der Waals surface area contributed by atoms with Gasteiger partial charge in [0.1, 0.15) is 0 Å². The van der Waals surface area contributed by atoms with Gasteiger partial charge < -0.3 is 5.11 Å². The van der Waals surface area contributed by atoms with Gasteiger partial charge in [0.2, 0.25) is 0 Å². The van der Waals surface area contributed by atoms with Crippen molar-refractivity contribution in [1.29, 1.82) is 0 Å². The molecule has 0 unspecified atom stereocenters. The van der Waals surface area contributed by atoms with Crippen LogP contribution in [0.1, 0.15) is 29.6 Å². The summed E-state index contributed by atoms with van der Waals surface area (Å²) in [6, 6.07) is 5.48. The van der Waals surface area contributed by atoms with Gasteiger partial charge in [0.05, 0.1) is 10.1 Å². The molecule has 6 heteroatoms. The number of Topliss-reactive ketones (excluding diaryl/α,β-unsaturated/α-hetero) is 1. The lowest BCUT2D eigenvalue weighted by Crippen LogP contribution is -2.30. The molecule has 2 rings (SSSR count). The van der Waals surface area contributed by atoms with Gasteiger partial charge in [-0.3, -0.25) is 4.79 Å². The molecule has 0 aromatic heterocycles. The number of sulfone groups is 1. The number of carbonyl (C=O) groups excluding carboxylic acids is 1. The summed E-state index contributed by atoms with van der Waals surface area (Å²) in [6.07, 6.45) is 1.98. The Morgan fingerprint density at radius 3 is 2.28 bits per heavy atom. The number of carbonyl (C=O) groups is 2. The third-order valence-electron chi connectivity index (χ3n) is 3.12. The van der Waals surface area contributed by atoms with Crippen molar-refractivity contribution in [3.05, 3.63) is 29.8 Å². The topological polar surface area (TPSA) is 88.5 Å². The maximum Gasteiger partial charge on any atom is 0.377 e. The molecule has 0 amide bonds. The summed E-state index contributed by atoms with van der Waals surface area (Å²) in [5, 5.41) is 8.21. The third kappa shape index (κ3) is 2.03. The lowest BCUT2D eigenvalue weighted by molar-refractivity contribution is -0.131. The van der Waals surface area contributed by atoms with E-state index in [0.29, 0.717) is 12.8 Å². The van der Waals surface area contributed by atoms with Crippen molar-refractivity contribution >= 4 is 21.6 Å². The first-order chi connectivity index (χ1) is 8.44. The van der Waals surface area contributed by atoms with Crippen LogP contribution in [0.2, 0.25) is 0 Å². The third-order valence-corrected chi connectivity index (χ3v) is 5.44. The average Bonchev–Trinajstić information content (AvgIpc) is 2.25. The summed E-state index contributed by atoms with van der Waals surface area (Å²) in [4.78, 5) is 22.0. The number of benzene rings is 1. The second-order valence-corrected chi connectivity index (χ2v) is 6.42. The van der Waals surface area contributed by atoms with Gasteiger partial charge >= 0.3 is 5.97 Å². The molecule has 5 nitrogen and oxygen atoms in total. The SMILES string of the molecule is O=C(O)C(=O)c1ccccc1S(=O)(=O)C1CCC1. The lowest BCUT2D eigenvalue weighted by Gasteiger charge is -2.25. The lowest BCUT2D eigenvalue weighted by atomic mass is 10.00. The highest BCUT2D eigenvalue weighted by atomic mass is 32.2. The van der Waals surface area contributed by atoms with Gasteiger partial charge in [-0.2, -0.15) is 0 Å². The fourth-order valence-electron chi connectivity index (χ4n) is 1.88. The van der Waals surface area contributed by atoms with Crippen molar-refractivity contribution in [2.24, 2.45) is 0 Å². The average molecular weight is 268 g/mol. The van der Waals surface area contributed by atoms with Crippen LogP contribution in [-0.4, -0.2) is 30.5 Å². The van der Waals surface area contributed by atoms with Gasteiger partial charge in [-0.05, 0) is 25.0 Å². The molecule has 1 aliphatic carbocycles. The second-order valence-electron chi connectivity index (χ2n) is 4.23. The maximum absolute atomic E-state index is 12.2. The highest BCUT2D eigenvalue weighted by Crippen LogP contribution is 2.32. The van der Waals surface area contributed by atoms with Crippen LogP contribution in [0.3, 0.4) is 0 Å². The Kier molecular flexibility index (Phi) is 3.21. The Labute approximate surface area is 104 Å². The molecule has 0 aliphatic heterocycles. The molecule has 96 valence electrons. The predicted molar refractivity (Wildman–Crippen MR) is 63.2 cm³/mol. The number of rotatable bonds is 4. The van der Waals surface area contributed by atoms with E-state index in [0.717, 1.165) is 6.42 Å². The number of hydrogen-bond donors (Lipinski definition) is 1. The van der Waals surface area contributed by atoms with Crippen LogP contribution in [0.4, 0.5) is 0 Å². The maximum atomic E-state index is 12.2. The van der Waals surface area contributed by atoms with Gasteiger partial charge in [-0.1, -0.05) is 18.6 Å². The minimum Gasteiger partial charge on any atom is -0.475 e. The highest BCUT2D eigenvalue weighted by Gasteiger charge is 2.35. The van der Waals surface area contributed by atoms with E-state index in [4.69, 9.17) is 5.11 Å². The molecule has 0 radical (unpaired) electrons. The first kappa shape index (κ1) is 12.8. The Balaban J connectivity index is 2.51. The highest BCUT2D eigenvalue weighted by molar-refractivity contribution is 7.92. The molecular formula is C12H12O5S. The number of hydrogen-bond acceptors (Lipinski definition) is 4. The largest absolute Gasteiger partial charge is 0.475 e. The molecule has 1 N–H and O–H groups in total. The summed E-state index contributed by atoms with van der Waals surface area (Å²) < 4.78 is 24.4. The van der Waals surface area contributed by atoms with Crippen molar-refractivity contribution in [3.63, 3.8) is 0 Å². The van der Waals surface area contributed by atoms with Crippen LogP contribution in [0, 0.1) is 0 Å². The van der Waals surface area contributed by atoms with Gasteiger partial charge in [0.25, 0.3) is 5.78 Å². The second kappa shape index (κ2) is 4.53. The summed E-state index contributed by atoms with van der Waals surface area (Å²) in [5.74, 6) is -2.83. The molecule has 1 aromatic rings. The fourth-order valence-corrected chi connectivity index (χ4v) is 3.93. The van der Waals surface area contributed by atoms with Crippen molar-refractivity contribution < 1.29 is 23.1 Å². The number of ketones is 1. The Hall–Kier alpha value is -1.69. The standard InChI is InChI=1S/C12H12O5S/c13-11(12(14)15)9-6-1-2-7-10(9)18(16,17)8-4-3-5-8/h1-2,6-8H,3-5H2,(H,14,15). The van der Waals surface area contributed by atoms with E-state index in [1.54, 1.807) is 0 Å². The van der Waals surface area contributed by atoms with Crippen LogP contribution in [-0.2, 0) is 14.6 Å². The molecule has 18 heavy (non-hydrogen) atoms. The Bertz CT molecular complexity index is 599. The van der Waals surface area contributed by atoms with Gasteiger partial charge in [0.15, 0.2) is 9.84 Å². The molecule has 0 atom stereocenters. The van der Waals surface area contributed by atoms with Crippen LogP contribution < -0.4 is 0 Å². The van der Waals surface area contributed by atoms with Crippen LogP contribution in [0.15, 0.2) is 29.2 Å². The molecule has 0 bridgehead atoms. The smallest absolute Gasteiger partial charge is 0.377 e.